The number of nitrogens with zero attached hydrogens (tertiary/aromatic N) is 3. The molecule has 0 aliphatic heterocycles. The third-order valence-electron chi connectivity index (χ3n) is 3.55. The highest BCUT2D eigenvalue weighted by Gasteiger charge is 2.10. The zero-order valence-electron chi connectivity index (χ0n) is 15.3. The van der Waals surface area contributed by atoms with Crippen molar-refractivity contribution in [2.75, 3.05) is 5.32 Å². The van der Waals surface area contributed by atoms with Crippen LogP contribution in [-0.4, -0.2) is 27.0 Å². The SMILES string of the molecule is Cc1cc(Oc2ncccn2)ccc1NC(=O)c1ccc(OC(C)C)nc1. The summed E-state index contributed by atoms with van der Waals surface area (Å²) in [6.07, 6.45) is 4.74. The van der Waals surface area contributed by atoms with Gasteiger partial charge in [-0.05, 0) is 56.7 Å². The molecule has 1 N–H and O–H groups in total. The molecule has 0 atom stereocenters. The van der Waals surface area contributed by atoms with Gasteiger partial charge in [-0.3, -0.25) is 4.79 Å². The molecule has 0 radical (unpaired) electrons. The Balaban J connectivity index is 1.67. The summed E-state index contributed by atoms with van der Waals surface area (Å²) in [6, 6.07) is 10.7. The summed E-state index contributed by atoms with van der Waals surface area (Å²) in [5.41, 5.74) is 1.98. The second-order valence-corrected chi connectivity index (χ2v) is 6.12. The third kappa shape index (κ3) is 5.01. The molecule has 0 saturated carbocycles. The van der Waals surface area contributed by atoms with Gasteiger partial charge in [-0.1, -0.05) is 0 Å². The van der Waals surface area contributed by atoms with E-state index in [9.17, 15) is 4.79 Å². The number of amides is 1. The number of pyridine rings is 1. The highest BCUT2D eigenvalue weighted by atomic mass is 16.5. The van der Waals surface area contributed by atoms with Gasteiger partial charge in [0.25, 0.3) is 5.91 Å². The van der Waals surface area contributed by atoms with Crippen molar-refractivity contribution in [3.63, 3.8) is 0 Å². The van der Waals surface area contributed by atoms with Crippen LogP contribution in [0.4, 0.5) is 5.69 Å². The van der Waals surface area contributed by atoms with Gasteiger partial charge in [-0.25, -0.2) is 15.0 Å². The Morgan fingerprint density at radius 3 is 2.48 bits per heavy atom. The quantitative estimate of drug-likeness (QED) is 0.711. The van der Waals surface area contributed by atoms with Crippen molar-refractivity contribution in [2.24, 2.45) is 0 Å². The maximum Gasteiger partial charge on any atom is 0.321 e. The molecule has 2 aromatic heterocycles. The van der Waals surface area contributed by atoms with Gasteiger partial charge in [0.1, 0.15) is 5.75 Å². The van der Waals surface area contributed by atoms with E-state index < -0.39 is 0 Å². The van der Waals surface area contributed by atoms with E-state index in [-0.39, 0.29) is 18.0 Å². The van der Waals surface area contributed by atoms with Crippen molar-refractivity contribution in [2.45, 2.75) is 26.9 Å². The average Bonchev–Trinajstić information content (AvgIpc) is 2.65. The van der Waals surface area contributed by atoms with E-state index in [4.69, 9.17) is 9.47 Å². The number of hydrogen-bond donors (Lipinski definition) is 1. The van der Waals surface area contributed by atoms with Crippen molar-refractivity contribution in [3.8, 4) is 17.6 Å². The Morgan fingerprint density at radius 1 is 1.07 bits per heavy atom. The number of ether oxygens (including phenoxy) is 2. The van der Waals surface area contributed by atoms with Crippen LogP contribution in [-0.2, 0) is 0 Å². The summed E-state index contributed by atoms with van der Waals surface area (Å²) >= 11 is 0. The van der Waals surface area contributed by atoms with Gasteiger partial charge >= 0.3 is 6.01 Å². The average molecular weight is 364 g/mol. The number of carbonyl (C=O) groups excluding carboxylic acids is 1. The summed E-state index contributed by atoms with van der Waals surface area (Å²) in [4.78, 5) is 24.6. The lowest BCUT2D eigenvalue weighted by Crippen LogP contribution is -2.13. The van der Waals surface area contributed by atoms with Gasteiger partial charge in [-0.15, -0.1) is 0 Å². The lowest BCUT2D eigenvalue weighted by molar-refractivity contribution is 0.102. The molecular formula is C20H20N4O3. The summed E-state index contributed by atoms with van der Waals surface area (Å²) in [5.74, 6) is 0.831. The standard InChI is InChI=1S/C20H20N4O3/c1-13(2)26-18-8-5-15(12-23-18)19(25)24-17-7-6-16(11-14(17)3)27-20-21-9-4-10-22-20/h4-13H,1-3H3,(H,24,25). The zero-order chi connectivity index (χ0) is 19.2. The molecule has 0 aliphatic rings. The van der Waals surface area contributed by atoms with Crippen molar-refractivity contribution < 1.29 is 14.3 Å². The minimum Gasteiger partial charge on any atom is -0.475 e. The predicted molar refractivity (Wildman–Crippen MR) is 101 cm³/mol. The van der Waals surface area contributed by atoms with E-state index in [0.717, 1.165) is 5.56 Å². The minimum atomic E-state index is -0.248. The van der Waals surface area contributed by atoms with E-state index in [1.807, 2.05) is 26.8 Å². The van der Waals surface area contributed by atoms with Gasteiger partial charge < -0.3 is 14.8 Å². The molecular weight excluding hydrogens is 344 g/mol. The van der Waals surface area contributed by atoms with Crippen LogP contribution in [0.2, 0.25) is 0 Å². The molecule has 0 bridgehead atoms. The highest BCUT2D eigenvalue weighted by Crippen LogP contribution is 2.24. The lowest BCUT2D eigenvalue weighted by Gasteiger charge is -2.11. The molecule has 138 valence electrons. The van der Waals surface area contributed by atoms with Crippen LogP contribution in [0, 0.1) is 6.92 Å². The number of aryl methyl sites for hydroxylation is 1. The smallest absolute Gasteiger partial charge is 0.321 e. The molecule has 0 spiro atoms. The molecule has 0 saturated heterocycles. The topological polar surface area (TPSA) is 86.2 Å². The summed E-state index contributed by atoms with van der Waals surface area (Å²) in [5, 5.41) is 2.87. The number of anilines is 1. The summed E-state index contributed by atoms with van der Waals surface area (Å²) in [7, 11) is 0. The summed E-state index contributed by atoms with van der Waals surface area (Å²) < 4.78 is 11.1. The Morgan fingerprint density at radius 2 is 1.85 bits per heavy atom. The number of carbonyl (C=O) groups is 1. The Hall–Kier alpha value is -3.48. The number of hydrogen-bond acceptors (Lipinski definition) is 6. The molecule has 1 amide bonds. The first-order valence-electron chi connectivity index (χ1n) is 8.51. The molecule has 7 nitrogen and oxygen atoms in total. The minimum absolute atomic E-state index is 0.0295. The lowest BCUT2D eigenvalue weighted by atomic mass is 10.1. The van der Waals surface area contributed by atoms with E-state index in [0.29, 0.717) is 22.9 Å². The first-order chi connectivity index (χ1) is 13.0. The molecule has 27 heavy (non-hydrogen) atoms. The number of aromatic nitrogens is 3. The maximum atomic E-state index is 12.4. The molecule has 2 heterocycles. The molecule has 3 rings (SSSR count). The van der Waals surface area contributed by atoms with E-state index in [2.05, 4.69) is 20.3 Å². The van der Waals surface area contributed by atoms with Crippen molar-refractivity contribution in [1.29, 1.82) is 0 Å². The molecule has 1 aromatic carbocycles. The second-order valence-electron chi connectivity index (χ2n) is 6.12. The monoisotopic (exact) mass is 364 g/mol. The maximum absolute atomic E-state index is 12.4. The molecule has 3 aromatic rings. The van der Waals surface area contributed by atoms with Crippen LogP contribution in [0.1, 0.15) is 29.8 Å². The molecule has 7 heteroatoms. The molecule has 0 fully saturated rings. The summed E-state index contributed by atoms with van der Waals surface area (Å²) in [6.45, 7) is 5.72. The fraction of sp³-hybridized carbons (Fsp3) is 0.200. The predicted octanol–water partition coefficient (Wildman–Crippen LogP) is 4.01. The van der Waals surface area contributed by atoms with Crippen LogP contribution in [0.15, 0.2) is 55.0 Å². The normalized spacial score (nSPS) is 10.5. The highest BCUT2D eigenvalue weighted by molar-refractivity contribution is 6.04. The largest absolute Gasteiger partial charge is 0.475 e. The van der Waals surface area contributed by atoms with Crippen molar-refractivity contribution in [1.82, 2.24) is 15.0 Å². The van der Waals surface area contributed by atoms with Crippen LogP contribution >= 0.6 is 0 Å². The molecule has 0 aliphatic carbocycles. The number of benzene rings is 1. The van der Waals surface area contributed by atoms with Gasteiger partial charge in [0.15, 0.2) is 0 Å². The van der Waals surface area contributed by atoms with Gasteiger partial charge in [0.2, 0.25) is 5.88 Å². The molecule has 0 unspecified atom stereocenters. The van der Waals surface area contributed by atoms with Crippen molar-refractivity contribution >= 4 is 11.6 Å². The fourth-order valence-corrected chi connectivity index (χ4v) is 2.30. The second kappa shape index (κ2) is 8.27. The van der Waals surface area contributed by atoms with Crippen LogP contribution in [0.3, 0.4) is 0 Å². The third-order valence-corrected chi connectivity index (χ3v) is 3.55. The first-order valence-corrected chi connectivity index (χ1v) is 8.51. The van der Waals surface area contributed by atoms with E-state index in [1.54, 1.807) is 42.7 Å². The fourth-order valence-electron chi connectivity index (χ4n) is 2.30. The van der Waals surface area contributed by atoms with Gasteiger partial charge in [0, 0.05) is 30.3 Å². The Labute approximate surface area is 157 Å². The van der Waals surface area contributed by atoms with E-state index >= 15 is 0 Å². The van der Waals surface area contributed by atoms with Crippen molar-refractivity contribution in [3.05, 3.63) is 66.1 Å². The van der Waals surface area contributed by atoms with E-state index in [1.165, 1.54) is 6.20 Å². The van der Waals surface area contributed by atoms with Crippen LogP contribution < -0.4 is 14.8 Å². The Kier molecular flexibility index (Phi) is 5.61. The first kappa shape index (κ1) is 18.3. The van der Waals surface area contributed by atoms with Gasteiger partial charge in [0.05, 0.1) is 11.7 Å². The number of rotatable bonds is 6. The van der Waals surface area contributed by atoms with Gasteiger partial charge in [-0.2, -0.15) is 0 Å². The Bertz CT molecular complexity index is 912. The van der Waals surface area contributed by atoms with Crippen LogP contribution in [0.25, 0.3) is 0 Å². The van der Waals surface area contributed by atoms with Crippen LogP contribution in [0.5, 0.6) is 17.6 Å². The zero-order valence-corrected chi connectivity index (χ0v) is 15.3. The number of nitrogens with one attached hydrogen (secondary N) is 1.